The minimum absolute atomic E-state index is 0.0420. The average Bonchev–Trinajstić information content (AvgIpc) is 2.49. The van der Waals surface area contributed by atoms with Crippen molar-refractivity contribution in [1.82, 2.24) is 10.2 Å². The third kappa shape index (κ3) is 5.32. The molecule has 1 unspecified atom stereocenters. The van der Waals surface area contributed by atoms with Crippen LogP contribution >= 0.6 is 0 Å². The Hall–Kier alpha value is -2.51. The van der Waals surface area contributed by atoms with Crippen LogP contribution in [0.4, 0.5) is 8.78 Å². The van der Waals surface area contributed by atoms with Crippen LogP contribution in [-0.4, -0.2) is 47.4 Å². The Kier molecular flexibility index (Phi) is 6.62. The molecule has 0 aliphatic heterocycles. The number of carboxylic acid groups (broad SMARTS) is 1. The summed E-state index contributed by atoms with van der Waals surface area (Å²) in [6.45, 7) is 1.50. The van der Waals surface area contributed by atoms with E-state index in [0.717, 1.165) is 17.0 Å². The Morgan fingerprint density at radius 1 is 1.30 bits per heavy atom. The van der Waals surface area contributed by atoms with Gasteiger partial charge < -0.3 is 15.3 Å². The first-order valence-corrected chi connectivity index (χ1v) is 6.95. The Bertz CT molecular complexity index is 607. The molecule has 0 aliphatic rings. The fraction of sp³-hybridized carbons (Fsp3) is 0.400. The van der Waals surface area contributed by atoms with Gasteiger partial charge in [-0.1, -0.05) is 0 Å². The molecule has 0 radical (unpaired) electrons. The van der Waals surface area contributed by atoms with Crippen molar-refractivity contribution >= 4 is 17.8 Å². The van der Waals surface area contributed by atoms with Gasteiger partial charge in [-0.15, -0.1) is 0 Å². The molecule has 23 heavy (non-hydrogen) atoms. The molecule has 2 N–H and O–H groups in total. The molecule has 8 heteroatoms. The summed E-state index contributed by atoms with van der Waals surface area (Å²) in [6.07, 6.45) is 0.310. The lowest BCUT2D eigenvalue weighted by atomic mass is 10.2. The molecule has 0 fully saturated rings. The van der Waals surface area contributed by atoms with Crippen molar-refractivity contribution < 1.29 is 28.3 Å². The highest BCUT2D eigenvalue weighted by molar-refractivity contribution is 5.94. The summed E-state index contributed by atoms with van der Waals surface area (Å²) < 4.78 is 26.1. The zero-order valence-electron chi connectivity index (χ0n) is 12.8. The lowest BCUT2D eigenvalue weighted by Crippen LogP contribution is -2.40. The summed E-state index contributed by atoms with van der Waals surface area (Å²) in [5.74, 6) is -3.93. The van der Waals surface area contributed by atoms with Crippen molar-refractivity contribution in [2.24, 2.45) is 0 Å². The van der Waals surface area contributed by atoms with E-state index >= 15 is 0 Å². The van der Waals surface area contributed by atoms with Crippen molar-refractivity contribution in [3.8, 4) is 0 Å². The Morgan fingerprint density at radius 3 is 2.52 bits per heavy atom. The van der Waals surface area contributed by atoms with Gasteiger partial charge in [0.1, 0.15) is 17.7 Å². The van der Waals surface area contributed by atoms with Gasteiger partial charge in [0.25, 0.3) is 5.91 Å². The zero-order valence-corrected chi connectivity index (χ0v) is 12.8. The van der Waals surface area contributed by atoms with E-state index in [4.69, 9.17) is 5.11 Å². The molecule has 1 atom stereocenters. The zero-order chi connectivity index (χ0) is 17.6. The summed E-state index contributed by atoms with van der Waals surface area (Å²) in [6, 6.07) is 1.68. The molecular formula is C15H18F2N2O4. The Balaban J connectivity index is 2.41. The SMILES string of the molecule is CC(C(=O)O)N(C)C(=O)CCCNC(=O)c1ccc(F)cc1F. The molecule has 0 saturated heterocycles. The fourth-order valence-electron chi connectivity index (χ4n) is 1.77. The van der Waals surface area contributed by atoms with E-state index in [2.05, 4.69) is 5.32 Å². The van der Waals surface area contributed by atoms with Crippen LogP contribution in [0.1, 0.15) is 30.1 Å². The van der Waals surface area contributed by atoms with Crippen LogP contribution in [0.2, 0.25) is 0 Å². The van der Waals surface area contributed by atoms with Gasteiger partial charge in [-0.05, 0) is 25.5 Å². The second-order valence-corrected chi connectivity index (χ2v) is 5.00. The number of carboxylic acids is 1. The topological polar surface area (TPSA) is 86.7 Å². The molecular weight excluding hydrogens is 310 g/mol. The van der Waals surface area contributed by atoms with Gasteiger partial charge >= 0.3 is 5.97 Å². The number of nitrogens with one attached hydrogen (secondary N) is 1. The molecule has 0 aromatic heterocycles. The number of carbonyl (C=O) groups is 3. The van der Waals surface area contributed by atoms with Crippen molar-refractivity contribution in [3.63, 3.8) is 0 Å². The number of halogens is 2. The minimum Gasteiger partial charge on any atom is -0.480 e. The predicted octanol–water partition coefficient (Wildman–Crippen LogP) is 1.41. The van der Waals surface area contributed by atoms with Gasteiger partial charge in [0.05, 0.1) is 5.56 Å². The first-order valence-electron chi connectivity index (χ1n) is 6.95. The van der Waals surface area contributed by atoms with E-state index in [0.29, 0.717) is 6.07 Å². The van der Waals surface area contributed by atoms with E-state index in [-0.39, 0.29) is 30.9 Å². The van der Waals surface area contributed by atoms with Crippen LogP contribution in [0, 0.1) is 11.6 Å². The van der Waals surface area contributed by atoms with Crippen molar-refractivity contribution in [3.05, 3.63) is 35.4 Å². The monoisotopic (exact) mass is 328 g/mol. The summed E-state index contributed by atoms with van der Waals surface area (Å²) in [5.41, 5.74) is -0.283. The van der Waals surface area contributed by atoms with Gasteiger partial charge in [-0.3, -0.25) is 9.59 Å². The third-order valence-electron chi connectivity index (χ3n) is 3.36. The lowest BCUT2D eigenvalue weighted by Gasteiger charge is -2.21. The maximum absolute atomic E-state index is 13.4. The van der Waals surface area contributed by atoms with Crippen LogP contribution in [0.3, 0.4) is 0 Å². The largest absolute Gasteiger partial charge is 0.480 e. The van der Waals surface area contributed by atoms with Gasteiger partial charge in [-0.2, -0.15) is 0 Å². The molecule has 2 amide bonds. The number of hydrogen-bond donors (Lipinski definition) is 2. The second-order valence-electron chi connectivity index (χ2n) is 5.00. The first kappa shape index (κ1) is 18.5. The number of rotatable bonds is 7. The van der Waals surface area contributed by atoms with Gasteiger partial charge in [0, 0.05) is 26.1 Å². The van der Waals surface area contributed by atoms with Crippen LogP contribution < -0.4 is 5.32 Å². The van der Waals surface area contributed by atoms with Crippen LogP contribution in [0.15, 0.2) is 18.2 Å². The highest BCUT2D eigenvalue weighted by Crippen LogP contribution is 2.09. The molecule has 0 bridgehead atoms. The summed E-state index contributed by atoms with van der Waals surface area (Å²) in [7, 11) is 1.38. The predicted molar refractivity (Wildman–Crippen MR) is 77.8 cm³/mol. The molecule has 6 nitrogen and oxygen atoms in total. The van der Waals surface area contributed by atoms with Crippen molar-refractivity contribution in [2.45, 2.75) is 25.8 Å². The van der Waals surface area contributed by atoms with Crippen LogP contribution in [0.25, 0.3) is 0 Å². The number of carbonyl (C=O) groups excluding carboxylic acids is 2. The summed E-state index contributed by atoms with van der Waals surface area (Å²) >= 11 is 0. The number of amides is 2. The Morgan fingerprint density at radius 2 is 1.96 bits per heavy atom. The van der Waals surface area contributed by atoms with Gasteiger partial charge in [0.2, 0.25) is 5.91 Å². The average molecular weight is 328 g/mol. The van der Waals surface area contributed by atoms with E-state index in [1.165, 1.54) is 14.0 Å². The van der Waals surface area contributed by atoms with Crippen molar-refractivity contribution in [2.75, 3.05) is 13.6 Å². The number of nitrogens with zero attached hydrogens (tertiary/aromatic N) is 1. The van der Waals surface area contributed by atoms with E-state index in [9.17, 15) is 23.2 Å². The molecule has 1 aromatic carbocycles. The van der Waals surface area contributed by atoms with E-state index in [1.54, 1.807) is 0 Å². The Labute approximate surface area is 132 Å². The number of aliphatic carboxylic acids is 1. The maximum atomic E-state index is 13.4. The standard InChI is InChI=1S/C15H18F2N2O4/c1-9(15(22)23)19(2)13(20)4-3-7-18-14(21)11-6-5-10(16)8-12(11)17/h5-6,8-9H,3-4,7H2,1-2H3,(H,18,21)(H,22,23). The lowest BCUT2D eigenvalue weighted by molar-refractivity contribution is -0.148. The van der Waals surface area contributed by atoms with Gasteiger partial charge in [-0.25, -0.2) is 13.6 Å². The first-order chi connectivity index (χ1) is 10.7. The van der Waals surface area contributed by atoms with Crippen LogP contribution in [-0.2, 0) is 9.59 Å². The fourth-order valence-corrected chi connectivity index (χ4v) is 1.77. The van der Waals surface area contributed by atoms with E-state index in [1.807, 2.05) is 0 Å². The van der Waals surface area contributed by atoms with Crippen LogP contribution in [0.5, 0.6) is 0 Å². The number of benzene rings is 1. The third-order valence-corrected chi connectivity index (χ3v) is 3.36. The summed E-state index contributed by atoms with van der Waals surface area (Å²) in [4.78, 5) is 35.3. The summed E-state index contributed by atoms with van der Waals surface area (Å²) in [5, 5.41) is 11.2. The number of likely N-dealkylation sites (N-methyl/N-ethyl adjacent to an activating group) is 1. The second kappa shape index (κ2) is 8.21. The molecule has 1 rings (SSSR count). The highest BCUT2D eigenvalue weighted by atomic mass is 19.1. The molecule has 126 valence electrons. The molecule has 0 aliphatic carbocycles. The molecule has 0 heterocycles. The molecule has 0 spiro atoms. The highest BCUT2D eigenvalue weighted by Gasteiger charge is 2.21. The minimum atomic E-state index is -1.11. The molecule has 1 aromatic rings. The molecule has 0 saturated carbocycles. The van der Waals surface area contributed by atoms with Crippen molar-refractivity contribution in [1.29, 1.82) is 0 Å². The maximum Gasteiger partial charge on any atom is 0.326 e. The smallest absolute Gasteiger partial charge is 0.326 e. The number of hydrogen-bond acceptors (Lipinski definition) is 3. The normalized spacial score (nSPS) is 11.7. The van der Waals surface area contributed by atoms with Gasteiger partial charge in [0.15, 0.2) is 0 Å². The van der Waals surface area contributed by atoms with E-state index < -0.39 is 29.6 Å². The quantitative estimate of drug-likeness (QED) is 0.741.